The van der Waals surface area contributed by atoms with Crippen LogP contribution in [0.3, 0.4) is 0 Å². The van der Waals surface area contributed by atoms with E-state index in [4.69, 9.17) is 21.4 Å². The molecule has 1 heterocycles. The summed E-state index contributed by atoms with van der Waals surface area (Å²) in [4.78, 5) is 10.7. The van der Waals surface area contributed by atoms with E-state index in [2.05, 4.69) is 5.32 Å². The number of nitrogens with one attached hydrogen (secondary N) is 1. The second-order valence-electron chi connectivity index (χ2n) is 4.08. The fraction of sp³-hybridized carbons (Fsp3) is 0.417. The predicted octanol–water partition coefficient (Wildman–Crippen LogP) is 2.55. The Morgan fingerprint density at radius 3 is 3.06 bits per heavy atom. The number of anilines is 1. The van der Waals surface area contributed by atoms with Gasteiger partial charge in [-0.05, 0) is 25.0 Å². The third kappa shape index (κ3) is 2.47. The highest BCUT2D eigenvalue weighted by Gasteiger charge is 2.24. The van der Waals surface area contributed by atoms with E-state index in [1.54, 1.807) is 13.2 Å². The average molecular weight is 256 g/mol. The van der Waals surface area contributed by atoms with Crippen molar-refractivity contribution in [2.75, 3.05) is 12.4 Å². The predicted molar refractivity (Wildman–Crippen MR) is 66.0 cm³/mol. The molecule has 1 atom stereocenters. The molecular weight excluding hydrogens is 242 g/mol. The first kappa shape index (κ1) is 12.0. The normalized spacial score (nSPS) is 18.1. The number of hydrogen-bond acceptors (Lipinski definition) is 3. The number of carbonyl (C=O) groups is 1. The molecule has 0 bridgehead atoms. The molecule has 0 spiro atoms. The quantitative estimate of drug-likeness (QED) is 0.872. The number of hydrogen-bond donors (Lipinski definition) is 2. The van der Waals surface area contributed by atoms with Gasteiger partial charge < -0.3 is 15.2 Å². The lowest BCUT2D eigenvalue weighted by molar-refractivity contribution is -0.137. The summed E-state index contributed by atoms with van der Waals surface area (Å²) >= 11 is 6.11. The van der Waals surface area contributed by atoms with Gasteiger partial charge in [-0.15, -0.1) is 0 Å². The molecule has 1 unspecified atom stereocenters. The maximum absolute atomic E-state index is 10.7. The summed E-state index contributed by atoms with van der Waals surface area (Å²) in [5.74, 6) is -0.00403. The van der Waals surface area contributed by atoms with E-state index in [9.17, 15) is 4.79 Å². The lowest BCUT2D eigenvalue weighted by atomic mass is 9.95. The van der Waals surface area contributed by atoms with Gasteiger partial charge in [-0.25, -0.2) is 0 Å². The van der Waals surface area contributed by atoms with Gasteiger partial charge in [0.05, 0.1) is 24.2 Å². The Labute approximate surface area is 105 Å². The Morgan fingerprint density at radius 1 is 1.65 bits per heavy atom. The molecule has 0 amide bonds. The summed E-state index contributed by atoms with van der Waals surface area (Å²) < 4.78 is 5.27. The van der Waals surface area contributed by atoms with Crippen molar-refractivity contribution in [1.82, 2.24) is 0 Å². The van der Waals surface area contributed by atoms with Crippen molar-refractivity contribution < 1.29 is 14.6 Å². The largest absolute Gasteiger partial charge is 0.496 e. The van der Waals surface area contributed by atoms with Crippen LogP contribution in [0.5, 0.6) is 5.75 Å². The van der Waals surface area contributed by atoms with Crippen molar-refractivity contribution in [2.24, 2.45) is 0 Å². The molecule has 1 aromatic rings. The maximum Gasteiger partial charge on any atom is 0.305 e. The zero-order valence-electron chi connectivity index (χ0n) is 9.50. The summed E-state index contributed by atoms with van der Waals surface area (Å²) in [6.45, 7) is 0. The van der Waals surface area contributed by atoms with Crippen LogP contribution in [0.15, 0.2) is 12.1 Å². The Bertz CT molecular complexity index is 448. The topological polar surface area (TPSA) is 58.6 Å². The summed E-state index contributed by atoms with van der Waals surface area (Å²) in [5.41, 5.74) is 1.84. The number of methoxy groups -OCH3 is 1. The standard InChI is InChI=1S/C12H14ClNO3/c1-17-10-5-4-9(13)12-8(10)3-2-7(14-12)6-11(15)16/h4-5,7,14H,2-3,6H2,1H3,(H,15,16). The summed E-state index contributed by atoms with van der Waals surface area (Å²) in [5, 5.41) is 12.6. The lowest BCUT2D eigenvalue weighted by Gasteiger charge is -2.28. The van der Waals surface area contributed by atoms with Gasteiger partial charge in [0, 0.05) is 11.6 Å². The molecule has 92 valence electrons. The van der Waals surface area contributed by atoms with Crippen molar-refractivity contribution >= 4 is 23.3 Å². The van der Waals surface area contributed by atoms with E-state index in [0.29, 0.717) is 5.02 Å². The SMILES string of the molecule is COc1ccc(Cl)c2c1CCC(CC(=O)O)N2. The van der Waals surface area contributed by atoms with Gasteiger partial charge in [0.15, 0.2) is 0 Å². The monoisotopic (exact) mass is 255 g/mol. The van der Waals surface area contributed by atoms with Crippen molar-refractivity contribution in [3.8, 4) is 5.75 Å². The van der Waals surface area contributed by atoms with Gasteiger partial charge in [-0.1, -0.05) is 11.6 Å². The zero-order valence-corrected chi connectivity index (χ0v) is 10.3. The molecule has 17 heavy (non-hydrogen) atoms. The Morgan fingerprint density at radius 2 is 2.41 bits per heavy atom. The second-order valence-corrected chi connectivity index (χ2v) is 4.49. The van der Waals surface area contributed by atoms with Crippen LogP contribution in [0.1, 0.15) is 18.4 Å². The number of carboxylic acid groups (broad SMARTS) is 1. The number of benzene rings is 1. The summed E-state index contributed by atoms with van der Waals surface area (Å²) in [6.07, 6.45) is 1.66. The molecule has 0 saturated heterocycles. The zero-order chi connectivity index (χ0) is 12.4. The first-order valence-corrected chi connectivity index (χ1v) is 5.83. The third-order valence-electron chi connectivity index (χ3n) is 2.95. The molecule has 1 aliphatic rings. The second kappa shape index (κ2) is 4.84. The van der Waals surface area contributed by atoms with Crippen LogP contribution in [0.4, 0.5) is 5.69 Å². The number of ether oxygens (including phenoxy) is 1. The number of rotatable bonds is 3. The molecule has 0 radical (unpaired) electrons. The van der Waals surface area contributed by atoms with Gasteiger partial charge in [-0.3, -0.25) is 4.79 Å². The fourth-order valence-corrected chi connectivity index (χ4v) is 2.39. The molecule has 2 N–H and O–H groups in total. The number of fused-ring (bicyclic) bond motifs is 1. The van der Waals surface area contributed by atoms with E-state index in [-0.39, 0.29) is 12.5 Å². The highest BCUT2D eigenvalue weighted by molar-refractivity contribution is 6.33. The smallest absolute Gasteiger partial charge is 0.305 e. The molecule has 0 aliphatic carbocycles. The van der Waals surface area contributed by atoms with Crippen molar-refractivity contribution in [1.29, 1.82) is 0 Å². The van der Waals surface area contributed by atoms with Crippen LogP contribution in [0.2, 0.25) is 5.02 Å². The van der Waals surface area contributed by atoms with Crippen molar-refractivity contribution in [2.45, 2.75) is 25.3 Å². The highest BCUT2D eigenvalue weighted by Crippen LogP contribution is 2.38. The summed E-state index contributed by atoms with van der Waals surface area (Å²) in [6, 6.07) is 3.53. The number of aliphatic carboxylic acids is 1. The van der Waals surface area contributed by atoms with E-state index in [1.807, 2.05) is 6.07 Å². The van der Waals surface area contributed by atoms with Crippen molar-refractivity contribution in [3.63, 3.8) is 0 Å². The molecule has 0 aromatic heterocycles. The van der Waals surface area contributed by atoms with Gasteiger partial charge in [-0.2, -0.15) is 0 Å². The van der Waals surface area contributed by atoms with E-state index >= 15 is 0 Å². The van der Waals surface area contributed by atoms with Gasteiger partial charge in [0.1, 0.15) is 5.75 Å². The lowest BCUT2D eigenvalue weighted by Crippen LogP contribution is -2.28. The minimum absolute atomic E-state index is 0.0652. The van der Waals surface area contributed by atoms with Crippen LogP contribution in [-0.2, 0) is 11.2 Å². The number of halogens is 1. The minimum atomic E-state index is -0.801. The first-order chi connectivity index (χ1) is 8.11. The van der Waals surface area contributed by atoms with Crippen LogP contribution < -0.4 is 10.1 Å². The van der Waals surface area contributed by atoms with Crippen LogP contribution in [-0.4, -0.2) is 24.2 Å². The van der Waals surface area contributed by atoms with Crippen LogP contribution >= 0.6 is 11.6 Å². The highest BCUT2D eigenvalue weighted by atomic mass is 35.5. The number of carboxylic acids is 1. The molecule has 4 nitrogen and oxygen atoms in total. The molecule has 5 heteroatoms. The van der Waals surface area contributed by atoms with Gasteiger partial charge >= 0.3 is 5.97 Å². The van der Waals surface area contributed by atoms with Gasteiger partial charge in [0.25, 0.3) is 0 Å². The van der Waals surface area contributed by atoms with Crippen LogP contribution in [0.25, 0.3) is 0 Å². The molecular formula is C12H14ClNO3. The average Bonchev–Trinajstić information content (AvgIpc) is 2.29. The van der Waals surface area contributed by atoms with E-state index in [0.717, 1.165) is 29.8 Å². The van der Waals surface area contributed by atoms with Crippen molar-refractivity contribution in [3.05, 3.63) is 22.7 Å². The maximum atomic E-state index is 10.7. The van der Waals surface area contributed by atoms with E-state index < -0.39 is 5.97 Å². The molecule has 0 saturated carbocycles. The summed E-state index contributed by atoms with van der Waals surface area (Å²) in [7, 11) is 1.62. The first-order valence-electron chi connectivity index (χ1n) is 5.45. The van der Waals surface area contributed by atoms with Gasteiger partial charge in [0.2, 0.25) is 0 Å². The Hall–Kier alpha value is -1.42. The molecule has 0 fully saturated rings. The molecule has 1 aliphatic heterocycles. The van der Waals surface area contributed by atoms with E-state index in [1.165, 1.54) is 0 Å². The Balaban J connectivity index is 2.28. The molecule has 2 rings (SSSR count). The molecule has 1 aromatic carbocycles. The van der Waals surface area contributed by atoms with Crippen LogP contribution in [0, 0.1) is 0 Å². The Kier molecular flexibility index (Phi) is 3.43. The third-order valence-corrected chi connectivity index (χ3v) is 3.27. The minimum Gasteiger partial charge on any atom is -0.496 e. The fourth-order valence-electron chi connectivity index (χ4n) is 2.15.